The van der Waals surface area contributed by atoms with Crippen molar-refractivity contribution in [3.05, 3.63) is 71.8 Å². The van der Waals surface area contributed by atoms with Crippen LogP contribution < -0.4 is 0 Å². The average molecular weight is 487 g/mol. The standard InChI is InChI=1S/C21H18Cl3NO6/c22-21(23,24)20(25)31-17-11-15(29-18(26)13-7-3-1-4-8-13)16(12-28-17)30-19(27)14-9-5-2-6-10-14/h1-10,15-17,25H,11-12H2/t15-,16+,17-/m1/s1. The van der Waals surface area contributed by atoms with Gasteiger partial charge in [-0.25, -0.2) is 9.59 Å². The molecular weight excluding hydrogens is 469 g/mol. The monoisotopic (exact) mass is 485 g/mol. The highest BCUT2D eigenvalue weighted by Gasteiger charge is 2.40. The Morgan fingerprint density at radius 1 is 0.839 bits per heavy atom. The molecule has 164 valence electrons. The number of nitrogens with one attached hydrogen (secondary N) is 1. The molecule has 3 rings (SSSR count). The topological polar surface area (TPSA) is 94.9 Å². The van der Waals surface area contributed by atoms with Crippen molar-refractivity contribution in [1.82, 2.24) is 0 Å². The maximum absolute atomic E-state index is 12.6. The van der Waals surface area contributed by atoms with Crippen molar-refractivity contribution < 1.29 is 28.5 Å². The molecule has 1 N–H and O–H groups in total. The zero-order chi connectivity index (χ0) is 22.4. The molecular formula is C21H18Cl3NO6. The zero-order valence-corrected chi connectivity index (χ0v) is 18.3. The molecule has 3 atom stereocenters. The van der Waals surface area contributed by atoms with Crippen LogP contribution in [0.1, 0.15) is 27.1 Å². The fourth-order valence-electron chi connectivity index (χ4n) is 2.79. The third kappa shape index (κ3) is 6.58. The normalized spacial score (nSPS) is 21.1. The molecule has 2 aromatic carbocycles. The van der Waals surface area contributed by atoms with Gasteiger partial charge in [0.25, 0.3) is 3.79 Å². The highest BCUT2D eigenvalue weighted by Crippen LogP contribution is 2.30. The summed E-state index contributed by atoms with van der Waals surface area (Å²) < 4.78 is 19.8. The van der Waals surface area contributed by atoms with Gasteiger partial charge in [0.05, 0.1) is 24.2 Å². The van der Waals surface area contributed by atoms with Crippen LogP contribution in [0.5, 0.6) is 0 Å². The third-order valence-corrected chi connectivity index (χ3v) is 4.84. The summed E-state index contributed by atoms with van der Waals surface area (Å²) in [6.45, 7) is -0.150. The summed E-state index contributed by atoms with van der Waals surface area (Å²) in [5.74, 6) is -1.85. The molecule has 1 fully saturated rings. The molecule has 0 radical (unpaired) electrons. The second-order valence-corrected chi connectivity index (χ2v) is 8.84. The number of hydrogen-bond donors (Lipinski definition) is 1. The smallest absolute Gasteiger partial charge is 0.338 e. The van der Waals surface area contributed by atoms with E-state index in [1.54, 1.807) is 60.7 Å². The van der Waals surface area contributed by atoms with Crippen molar-refractivity contribution in [2.75, 3.05) is 6.61 Å². The van der Waals surface area contributed by atoms with Crippen LogP contribution in [0, 0.1) is 5.41 Å². The second-order valence-electron chi connectivity index (χ2n) is 6.56. The summed E-state index contributed by atoms with van der Waals surface area (Å²) in [7, 11) is 0. The van der Waals surface area contributed by atoms with Gasteiger partial charge in [0.15, 0.2) is 6.10 Å². The number of halogens is 3. The Morgan fingerprint density at radius 3 is 1.81 bits per heavy atom. The molecule has 0 spiro atoms. The first kappa shape index (κ1) is 23.3. The first-order chi connectivity index (χ1) is 14.7. The van der Waals surface area contributed by atoms with Gasteiger partial charge in [-0.2, -0.15) is 0 Å². The van der Waals surface area contributed by atoms with E-state index < -0.39 is 40.1 Å². The average Bonchev–Trinajstić information content (AvgIpc) is 2.76. The maximum atomic E-state index is 12.6. The fraction of sp³-hybridized carbons (Fsp3) is 0.286. The van der Waals surface area contributed by atoms with Gasteiger partial charge in [-0.05, 0) is 24.3 Å². The maximum Gasteiger partial charge on any atom is 0.338 e. The minimum Gasteiger partial charge on any atom is -0.454 e. The van der Waals surface area contributed by atoms with Crippen molar-refractivity contribution in [3.8, 4) is 0 Å². The Hall–Kier alpha value is -2.32. The van der Waals surface area contributed by atoms with Crippen LogP contribution in [-0.2, 0) is 18.9 Å². The van der Waals surface area contributed by atoms with Crippen molar-refractivity contribution in [2.45, 2.75) is 28.7 Å². The molecule has 0 aromatic heterocycles. The van der Waals surface area contributed by atoms with Gasteiger partial charge in [-0.1, -0.05) is 71.2 Å². The molecule has 1 saturated heterocycles. The fourth-order valence-corrected chi connectivity index (χ4v) is 2.93. The molecule has 31 heavy (non-hydrogen) atoms. The molecule has 0 aliphatic carbocycles. The first-order valence-corrected chi connectivity index (χ1v) is 10.3. The van der Waals surface area contributed by atoms with Gasteiger partial charge in [-0.3, -0.25) is 5.41 Å². The third-order valence-electron chi connectivity index (χ3n) is 4.33. The van der Waals surface area contributed by atoms with Crippen molar-refractivity contribution in [2.24, 2.45) is 0 Å². The number of alkyl halides is 3. The quantitative estimate of drug-likeness (QED) is 0.288. The number of hydrogen-bond acceptors (Lipinski definition) is 7. The van der Waals surface area contributed by atoms with E-state index >= 15 is 0 Å². The van der Waals surface area contributed by atoms with E-state index in [1.165, 1.54) is 0 Å². The Kier molecular flexibility index (Phi) is 7.78. The van der Waals surface area contributed by atoms with Gasteiger partial charge < -0.3 is 18.9 Å². The van der Waals surface area contributed by atoms with E-state index in [4.69, 9.17) is 59.2 Å². The summed E-state index contributed by atoms with van der Waals surface area (Å²) in [4.78, 5) is 25.0. The molecule has 0 unspecified atom stereocenters. The van der Waals surface area contributed by atoms with Crippen molar-refractivity contribution in [1.29, 1.82) is 5.41 Å². The molecule has 0 saturated carbocycles. The highest BCUT2D eigenvalue weighted by atomic mass is 35.6. The first-order valence-electron chi connectivity index (χ1n) is 9.20. The SMILES string of the molecule is N=C(O[C@@H]1C[C@@H](OC(=O)c2ccccc2)[C@@H](OC(=O)c2ccccc2)CO1)C(Cl)(Cl)Cl. The van der Waals surface area contributed by atoms with Gasteiger partial charge in [0.2, 0.25) is 12.2 Å². The molecule has 10 heteroatoms. The van der Waals surface area contributed by atoms with Crippen LogP contribution in [0.15, 0.2) is 60.7 Å². The van der Waals surface area contributed by atoms with Crippen molar-refractivity contribution in [3.63, 3.8) is 0 Å². The minimum atomic E-state index is -2.07. The predicted octanol–water partition coefficient (Wildman–Crippen LogP) is 4.55. The molecule has 0 bridgehead atoms. The summed E-state index contributed by atoms with van der Waals surface area (Å²) in [6.07, 6.45) is -2.90. The van der Waals surface area contributed by atoms with E-state index in [1.807, 2.05) is 0 Å². The van der Waals surface area contributed by atoms with Gasteiger partial charge >= 0.3 is 11.9 Å². The summed E-state index contributed by atoms with van der Waals surface area (Å²) in [6, 6.07) is 16.7. The summed E-state index contributed by atoms with van der Waals surface area (Å²) in [5, 5.41) is 7.70. The number of ether oxygens (including phenoxy) is 4. The number of carbonyl (C=O) groups is 2. The lowest BCUT2D eigenvalue weighted by molar-refractivity contribution is -0.189. The van der Waals surface area contributed by atoms with E-state index in [9.17, 15) is 9.59 Å². The van der Waals surface area contributed by atoms with Crippen LogP contribution in [0.2, 0.25) is 0 Å². The second kappa shape index (κ2) is 10.3. The minimum absolute atomic E-state index is 0.0472. The summed E-state index contributed by atoms with van der Waals surface area (Å²) in [5.41, 5.74) is 0.667. The molecule has 1 aliphatic rings. The Bertz CT molecular complexity index is 920. The van der Waals surface area contributed by atoms with Crippen LogP contribution in [-0.4, -0.2) is 46.7 Å². The van der Waals surface area contributed by atoms with E-state index in [2.05, 4.69) is 0 Å². The van der Waals surface area contributed by atoms with Crippen LogP contribution in [0.4, 0.5) is 0 Å². The number of carbonyl (C=O) groups excluding carboxylic acids is 2. The molecule has 2 aromatic rings. The lowest BCUT2D eigenvalue weighted by Crippen LogP contribution is -2.48. The van der Waals surface area contributed by atoms with Crippen molar-refractivity contribution >= 4 is 52.6 Å². The zero-order valence-electron chi connectivity index (χ0n) is 16.0. The van der Waals surface area contributed by atoms with Gasteiger partial charge in [-0.15, -0.1) is 0 Å². The highest BCUT2D eigenvalue weighted by molar-refractivity contribution is 6.76. The van der Waals surface area contributed by atoms with Crippen LogP contribution in [0.3, 0.4) is 0 Å². The Labute approximate surface area is 193 Å². The Morgan fingerprint density at radius 2 is 1.32 bits per heavy atom. The van der Waals surface area contributed by atoms with Crippen LogP contribution in [0.25, 0.3) is 0 Å². The van der Waals surface area contributed by atoms with Gasteiger partial charge in [0, 0.05) is 0 Å². The van der Waals surface area contributed by atoms with E-state index in [0.717, 1.165) is 0 Å². The predicted molar refractivity (Wildman–Crippen MR) is 115 cm³/mol. The number of benzene rings is 2. The molecule has 1 aliphatic heterocycles. The van der Waals surface area contributed by atoms with E-state index in [-0.39, 0.29) is 13.0 Å². The summed E-state index contributed by atoms with van der Waals surface area (Å²) >= 11 is 16.9. The number of esters is 2. The lowest BCUT2D eigenvalue weighted by Gasteiger charge is -2.35. The number of rotatable bonds is 5. The molecule has 1 heterocycles. The molecule has 7 nitrogen and oxygen atoms in total. The largest absolute Gasteiger partial charge is 0.454 e. The van der Waals surface area contributed by atoms with Crippen LogP contribution >= 0.6 is 34.8 Å². The Balaban J connectivity index is 1.73. The van der Waals surface area contributed by atoms with Gasteiger partial charge in [0.1, 0.15) is 6.10 Å². The lowest BCUT2D eigenvalue weighted by atomic mass is 10.1. The van der Waals surface area contributed by atoms with E-state index in [0.29, 0.717) is 11.1 Å². The molecule has 0 amide bonds.